The summed E-state index contributed by atoms with van der Waals surface area (Å²) >= 11 is 0. The van der Waals surface area contributed by atoms with E-state index < -0.39 is 12.1 Å². The zero-order chi connectivity index (χ0) is 23.9. The maximum Gasteiger partial charge on any atom is 0.395 e. The van der Waals surface area contributed by atoms with E-state index in [0.29, 0.717) is 23.2 Å². The summed E-state index contributed by atoms with van der Waals surface area (Å²) in [6.45, 7) is -0.149. The molecule has 4 aromatic rings. The highest BCUT2D eigenvalue weighted by atomic mass is 19.4. The molecule has 174 valence electrons. The van der Waals surface area contributed by atoms with Crippen molar-refractivity contribution in [1.82, 2.24) is 29.7 Å². The summed E-state index contributed by atoms with van der Waals surface area (Å²) in [6.07, 6.45) is -0.991. The quantitative estimate of drug-likeness (QED) is 0.458. The van der Waals surface area contributed by atoms with Gasteiger partial charge >= 0.3 is 6.18 Å². The molecule has 0 atom stereocenters. The van der Waals surface area contributed by atoms with Gasteiger partial charge in [0.05, 0.1) is 11.6 Å². The minimum absolute atomic E-state index is 0.0743. The Labute approximate surface area is 192 Å². The molecule has 9 nitrogen and oxygen atoms in total. The van der Waals surface area contributed by atoms with E-state index in [2.05, 4.69) is 30.4 Å². The third-order valence-electron chi connectivity index (χ3n) is 5.55. The zero-order valence-electron chi connectivity index (χ0n) is 18.0. The van der Waals surface area contributed by atoms with Crippen LogP contribution in [0, 0.1) is 5.92 Å². The Morgan fingerprint density at radius 3 is 2.35 bits per heavy atom. The van der Waals surface area contributed by atoms with E-state index in [4.69, 9.17) is 5.73 Å². The summed E-state index contributed by atoms with van der Waals surface area (Å²) in [6, 6.07) is 12.8. The number of halogens is 3. The zero-order valence-corrected chi connectivity index (χ0v) is 18.0. The number of rotatable bonds is 5. The van der Waals surface area contributed by atoms with Crippen molar-refractivity contribution in [1.29, 1.82) is 0 Å². The molecule has 4 heterocycles. The Morgan fingerprint density at radius 2 is 1.71 bits per heavy atom. The van der Waals surface area contributed by atoms with Crippen LogP contribution >= 0.6 is 0 Å². The molecule has 0 radical (unpaired) electrons. The lowest BCUT2D eigenvalue weighted by Gasteiger charge is -2.40. The van der Waals surface area contributed by atoms with Gasteiger partial charge < -0.3 is 16.0 Å². The molecule has 0 amide bonds. The first-order chi connectivity index (χ1) is 16.3. The van der Waals surface area contributed by atoms with Crippen molar-refractivity contribution in [2.24, 2.45) is 13.0 Å². The second kappa shape index (κ2) is 8.28. The number of nitrogens with two attached hydrogens (primary N) is 1. The van der Waals surface area contributed by atoms with Gasteiger partial charge in [-0.25, -0.2) is 19.6 Å². The maximum atomic E-state index is 12.7. The summed E-state index contributed by atoms with van der Waals surface area (Å²) in [5.41, 5.74) is 8.74. The molecule has 1 aliphatic heterocycles. The number of aromatic nitrogens is 6. The molecule has 5 rings (SSSR count). The lowest BCUT2D eigenvalue weighted by atomic mass is 10.00. The van der Waals surface area contributed by atoms with Crippen molar-refractivity contribution in [3.8, 4) is 22.6 Å². The van der Waals surface area contributed by atoms with Gasteiger partial charge in [0, 0.05) is 49.3 Å². The van der Waals surface area contributed by atoms with Gasteiger partial charge in [0.2, 0.25) is 11.9 Å². The van der Waals surface area contributed by atoms with E-state index >= 15 is 0 Å². The lowest BCUT2D eigenvalue weighted by molar-refractivity contribution is -0.180. The SMILES string of the molecule is Cn1nc(-c2ccc(N3CC(C(F)(F)F)C3)nc2)nc1Nc1ccc(-c2ccnc(N)n2)cc1. The van der Waals surface area contributed by atoms with Gasteiger partial charge in [-0.05, 0) is 30.3 Å². The van der Waals surface area contributed by atoms with Crippen LogP contribution in [0.15, 0.2) is 54.9 Å². The second-order valence-corrected chi connectivity index (χ2v) is 7.93. The van der Waals surface area contributed by atoms with Gasteiger partial charge in [0.1, 0.15) is 5.82 Å². The number of nitrogens with zero attached hydrogens (tertiary/aromatic N) is 7. The summed E-state index contributed by atoms with van der Waals surface area (Å²) in [4.78, 5) is 18.5. The number of nitrogens with one attached hydrogen (secondary N) is 1. The molecule has 0 saturated carbocycles. The van der Waals surface area contributed by atoms with Crippen LogP contribution in [0.1, 0.15) is 0 Å². The highest BCUT2D eigenvalue weighted by Crippen LogP contribution is 2.35. The number of pyridine rings is 1. The Kier molecular flexibility index (Phi) is 5.27. The Hall–Kier alpha value is -4.22. The van der Waals surface area contributed by atoms with Crippen molar-refractivity contribution in [2.45, 2.75) is 6.18 Å². The van der Waals surface area contributed by atoms with Crippen LogP contribution in [0.4, 0.5) is 36.6 Å². The maximum absolute atomic E-state index is 12.7. The Bertz CT molecular complexity index is 1290. The third-order valence-corrected chi connectivity index (χ3v) is 5.55. The number of anilines is 4. The number of aryl methyl sites for hydroxylation is 1. The molecule has 0 spiro atoms. The first-order valence-electron chi connectivity index (χ1n) is 10.4. The first-order valence-corrected chi connectivity index (χ1v) is 10.4. The largest absolute Gasteiger partial charge is 0.395 e. The fourth-order valence-corrected chi connectivity index (χ4v) is 3.58. The first kappa shape index (κ1) is 21.6. The smallest absolute Gasteiger partial charge is 0.368 e. The van der Waals surface area contributed by atoms with Gasteiger partial charge in [-0.2, -0.15) is 18.2 Å². The lowest BCUT2D eigenvalue weighted by Crippen LogP contribution is -2.53. The number of alkyl halides is 3. The van der Waals surface area contributed by atoms with Crippen LogP contribution in [0.25, 0.3) is 22.6 Å². The minimum Gasteiger partial charge on any atom is -0.368 e. The van der Waals surface area contributed by atoms with Gasteiger partial charge in [0.15, 0.2) is 5.82 Å². The van der Waals surface area contributed by atoms with Crippen molar-refractivity contribution >= 4 is 23.4 Å². The predicted molar refractivity (Wildman–Crippen MR) is 121 cm³/mol. The number of benzene rings is 1. The van der Waals surface area contributed by atoms with Gasteiger partial charge in [-0.1, -0.05) is 12.1 Å². The summed E-state index contributed by atoms with van der Waals surface area (Å²) < 4.78 is 39.7. The van der Waals surface area contributed by atoms with Crippen molar-refractivity contribution < 1.29 is 13.2 Å². The van der Waals surface area contributed by atoms with Crippen LogP contribution in [-0.2, 0) is 7.05 Å². The van der Waals surface area contributed by atoms with Crippen LogP contribution in [0.3, 0.4) is 0 Å². The fraction of sp³-hybridized carbons (Fsp3) is 0.227. The van der Waals surface area contributed by atoms with E-state index in [1.54, 1.807) is 47.2 Å². The van der Waals surface area contributed by atoms with Crippen molar-refractivity contribution in [2.75, 3.05) is 29.0 Å². The molecule has 0 bridgehead atoms. The van der Waals surface area contributed by atoms with E-state index in [-0.39, 0.29) is 19.0 Å². The standard InChI is InChI=1S/C22H20F3N9/c1-33-21(29-16-5-2-13(3-6-16)17-8-9-27-20(26)30-17)31-19(32-33)14-4-7-18(28-10-14)34-11-15(12-34)22(23,24)25/h2-10,15H,11-12H2,1H3,(H2,26,27,30)(H,29,31,32). The highest BCUT2D eigenvalue weighted by molar-refractivity contribution is 5.66. The molecule has 34 heavy (non-hydrogen) atoms. The van der Waals surface area contributed by atoms with E-state index in [1.807, 2.05) is 24.3 Å². The van der Waals surface area contributed by atoms with Gasteiger partial charge in [-0.15, -0.1) is 5.10 Å². The average molecular weight is 467 g/mol. The Morgan fingerprint density at radius 1 is 0.971 bits per heavy atom. The molecule has 3 aromatic heterocycles. The average Bonchev–Trinajstić information content (AvgIpc) is 3.13. The number of hydrogen-bond donors (Lipinski definition) is 2. The topological polar surface area (TPSA) is 111 Å². The molecule has 1 aromatic carbocycles. The van der Waals surface area contributed by atoms with Crippen LogP contribution in [0.5, 0.6) is 0 Å². The summed E-state index contributed by atoms with van der Waals surface area (Å²) in [5.74, 6) is 0.393. The van der Waals surface area contributed by atoms with Crippen LogP contribution in [-0.4, -0.2) is 49.0 Å². The third kappa shape index (κ3) is 4.34. The molecular weight excluding hydrogens is 447 g/mol. The van der Waals surface area contributed by atoms with Crippen molar-refractivity contribution in [3.63, 3.8) is 0 Å². The second-order valence-electron chi connectivity index (χ2n) is 7.93. The van der Waals surface area contributed by atoms with Gasteiger partial charge in [-0.3, -0.25) is 0 Å². The van der Waals surface area contributed by atoms with Gasteiger partial charge in [0.25, 0.3) is 0 Å². The molecule has 1 fully saturated rings. The normalized spacial score (nSPS) is 14.2. The molecular formula is C22H20F3N9. The van der Waals surface area contributed by atoms with E-state index in [9.17, 15) is 13.2 Å². The predicted octanol–water partition coefficient (Wildman–Crippen LogP) is 3.66. The molecule has 3 N–H and O–H groups in total. The van der Waals surface area contributed by atoms with E-state index in [0.717, 1.165) is 16.9 Å². The molecule has 12 heteroatoms. The van der Waals surface area contributed by atoms with Crippen molar-refractivity contribution in [3.05, 3.63) is 54.9 Å². The Balaban J connectivity index is 1.26. The monoisotopic (exact) mass is 467 g/mol. The van der Waals surface area contributed by atoms with Crippen LogP contribution < -0.4 is 16.0 Å². The minimum atomic E-state index is -4.16. The molecule has 1 saturated heterocycles. The summed E-state index contributed by atoms with van der Waals surface area (Å²) in [5, 5.41) is 7.63. The summed E-state index contributed by atoms with van der Waals surface area (Å²) in [7, 11) is 1.76. The molecule has 1 aliphatic rings. The molecule has 0 aliphatic carbocycles. The number of hydrogen-bond acceptors (Lipinski definition) is 8. The highest BCUT2D eigenvalue weighted by Gasteiger charge is 2.47. The van der Waals surface area contributed by atoms with E-state index in [1.165, 1.54) is 0 Å². The fourth-order valence-electron chi connectivity index (χ4n) is 3.58. The number of nitrogen functional groups attached to an aromatic ring is 1. The molecule has 0 unspecified atom stereocenters. The van der Waals surface area contributed by atoms with Crippen LogP contribution in [0.2, 0.25) is 0 Å².